The van der Waals surface area contributed by atoms with Gasteiger partial charge in [-0.2, -0.15) is 0 Å². The van der Waals surface area contributed by atoms with Gasteiger partial charge in [0.05, 0.1) is 0 Å². The lowest BCUT2D eigenvalue weighted by molar-refractivity contribution is 0.433. The van der Waals surface area contributed by atoms with Crippen LogP contribution in [-0.2, 0) is 0 Å². The summed E-state index contributed by atoms with van der Waals surface area (Å²) in [6.45, 7) is 6.81. The molecular weight excluding hydrogens is 220 g/mol. The summed E-state index contributed by atoms with van der Waals surface area (Å²) in [5, 5.41) is 3.29. The fraction of sp³-hybridized carbons (Fsp3) is 0.625. The van der Waals surface area contributed by atoms with Crippen molar-refractivity contribution in [3.05, 3.63) is 29.3 Å². The van der Waals surface area contributed by atoms with Gasteiger partial charge in [-0.3, -0.25) is 0 Å². The first-order chi connectivity index (χ1) is 8.74. The monoisotopic (exact) mass is 246 g/mol. The minimum absolute atomic E-state index is 0.715. The zero-order valence-electron chi connectivity index (χ0n) is 12.0. The van der Waals surface area contributed by atoms with Gasteiger partial charge < -0.3 is 10.2 Å². The molecule has 1 unspecified atom stereocenters. The molecule has 0 bridgehead atoms. The average molecular weight is 246 g/mol. The molecule has 1 saturated heterocycles. The predicted octanol–water partition coefficient (Wildman–Crippen LogP) is 3.27. The lowest BCUT2D eigenvalue weighted by Gasteiger charge is -2.39. The number of benzene rings is 1. The highest BCUT2D eigenvalue weighted by Gasteiger charge is 2.23. The summed E-state index contributed by atoms with van der Waals surface area (Å²) in [4.78, 5) is 2.64. The van der Waals surface area contributed by atoms with Crippen molar-refractivity contribution in [3.63, 3.8) is 0 Å². The summed E-state index contributed by atoms with van der Waals surface area (Å²) < 4.78 is 0. The van der Waals surface area contributed by atoms with E-state index in [1.807, 2.05) is 7.05 Å². The minimum atomic E-state index is 0.715. The molecule has 0 amide bonds. The summed E-state index contributed by atoms with van der Waals surface area (Å²) in [5.41, 5.74) is 4.31. The number of hydrogen-bond donors (Lipinski definition) is 1. The fourth-order valence-corrected chi connectivity index (χ4v) is 2.98. The highest BCUT2D eigenvalue weighted by atomic mass is 15.2. The molecule has 1 heterocycles. The van der Waals surface area contributed by atoms with Crippen LogP contribution in [0.4, 0.5) is 5.69 Å². The first-order valence-electron chi connectivity index (χ1n) is 7.21. The Morgan fingerprint density at radius 1 is 1.28 bits per heavy atom. The summed E-state index contributed by atoms with van der Waals surface area (Å²) in [6, 6.07) is 7.42. The Morgan fingerprint density at radius 3 is 2.89 bits per heavy atom. The Kier molecular flexibility index (Phi) is 4.65. The smallest absolute Gasteiger partial charge is 0.0401 e. The van der Waals surface area contributed by atoms with Crippen LogP contribution in [0.3, 0.4) is 0 Å². The molecule has 0 aromatic heterocycles. The molecule has 1 atom stereocenters. The van der Waals surface area contributed by atoms with E-state index in [9.17, 15) is 0 Å². The van der Waals surface area contributed by atoms with Gasteiger partial charge in [0.2, 0.25) is 0 Å². The van der Waals surface area contributed by atoms with E-state index in [2.05, 4.69) is 42.3 Å². The van der Waals surface area contributed by atoms with E-state index in [0.717, 1.165) is 6.54 Å². The Bertz CT molecular complexity index is 387. The molecule has 18 heavy (non-hydrogen) atoms. The number of nitrogens with zero attached hydrogens (tertiary/aromatic N) is 1. The van der Waals surface area contributed by atoms with E-state index in [4.69, 9.17) is 0 Å². The summed E-state index contributed by atoms with van der Waals surface area (Å²) in [5.74, 6) is 0. The maximum Gasteiger partial charge on any atom is 0.0401 e. The van der Waals surface area contributed by atoms with Gasteiger partial charge in [-0.15, -0.1) is 0 Å². The van der Waals surface area contributed by atoms with Crippen LogP contribution in [0.5, 0.6) is 0 Å². The van der Waals surface area contributed by atoms with Crippen LogP contribution >= 0.6 is 0 Å². The third-order valence-corrected chi connectivity index (χ3v) is 4.24. The van der Waals surface area contributed by atoms with Crippen LogP contribution in [0.1, 0.15) is 36.8 Å². The van der Waals surface area contributed by atoms with Crippen molar-refractivity contribution in [2.45, 2.75) is 45.6 Å². The molecule has 2 heteroatoms. The molecule has 1 fully saturated rings. The van der Waals surface area contributed by atoms with Crippen molar-refractivity contribution in [3.8, 4) is 0 Å². The first-order valence-corrected chi connectivity index (χ1v) is 7.21. The number of hydrogen-bond acceptors (Lipinski definition) is 2. The van der Waals surface area contributed by atoms with Crippen LogP contribution in [0.25, 0.3) is 0 Å². The van der Waals surface area contributed by atoms with Crippen LogP contribution in [-0.4, -0.2) is 26.2 Å². The van der Waals surface area contributed by atoms with Gasteiger partial charge in [-0.25, -0.2) is 0 Å². The third kappa shape index (κ3) is 2.86. The van der Waals surface area contributed by atoms with E-state index in [0.29, 0.717) is 6.04 Å². The van der Waals surface area contributed by atoms with Crippen LogP contribution in [0.15, 0.2) is 18.2 Å². The zero-order chi connectivity index (χ0) is 13.0. The molecular formula is C16H26N2. The van der Waals surface area contributed by atoms with Crippen molar-refractivity contribution in [1.82, 2.24) is 5.32 Å². The number of piperidine rings is 1. The van der Waals surface area contributed by atoms with E-state index < -0.39 is 0 Å². The molecule has 100 valence electrons. The highest BCUT2D eigenvalue weighted by molar-refractivity contribution is 5.56. The predicted molar refractivity (Wildman–Crippen MR) is 79.4 cm³/mol. The van der Waals surface area contributed by atoms with Crippen LogP contribution in [0.2, 0.25) is 0 Å². The molecule has 0 saturated carbocycles. The van der Waals surface area contributed by atoms with E-state index >= 15 is 0 Å². The Morgan fingerprint density at radius 2 is 2.11 bits per heavy atom. The molecule has 2 rings (SSSR count). The number of rotatable bonds is 4. The maximum absolute atomic E-state index is 3.29. The molecule has 2 nitrogen and oxygen atoms in total. The summed E-state index contributed by atoms with van der Waals surface area (Å²) in [7, 11) is 2.05. The summed E-state index contributed by atoms with van der Waals surface area (Å²) in [6.07, 6.45) is 5.32. The average Bonchev–Trinajstić information content (AvgIpc) is 2.40. The second-order valence-corrected chi connectivity index (χ2v) is 5.45. The fourth-order valence-electron chi connectivity index (χ4n) is 2.98. The van der Waals surface area contributed by atoms with Crippen molar-refractivity contribution in [2.75, 3.05) is 25.0 Å². The normalized spacial score (nSPS) is 20.2. The van der Waals surface area contributed by atoms with Crippen molar-refractivity contribution in [2.24, 2.45) is 0 Å². The van der Waals surface area contributed by atoms with Gasteiger partial charge in [0.25, 0.3) is 0 Å². The largest absolute Gasteiger partial charge is 0.368 e. The summed E-state index contributed by atoms with van der Waals surface area (Å²) >= 11 is 0. The quantitative estimate of drug-likeness (QED) is 0.877. The molecule has 1 N–H and O–H groups in total. The van der Waals surface area contributed by atoms with Crippen LogP contribution in [0, 0.1) is 13.8 Å². The second kappa shape index (κ2) is 6.24. The Balaban J connectivity index is 2.19. The van der Waals surface area contributed by atoms with E-state index in [1.54, 1.807) is 0 Å². The minimum Gasteiger partial charge on any atom is -0.368 e. The zero-order valence-corrected chi connectivity index (χ0v) is 12.0. The lowest BCUT2D eigenvalue weighted by atomic mass is 9.96. The SMILES string of the molecule is CNCCC1CCCCN1c1cccc(C)c1C. The molecule has 0 radical (unpaired) electrons. The van der Waals surface area contributed by atoms with E-state index in [1.165, 1.54) is 49.0 Å². The van der Waals surface area contributed by atoms with Gasteiger partial charge >= 0.3 is 0 Å². The van der Waals surface area contributed by atoms with Crippen LogP contribution < -0.4 is 10.2 Å². The van der Waals surface area contributed by atoms with Crippen molar-refractivity contribution in [1.29, 1.82) is 0 Å². The molecule has 1 aromatic carbocycles. The Labute approximate surface area is 111 Å². The van der Waals surface area contributed by atoms with Gasteiger partial charge in [-0.1, -0.05) is 12.1 Å². The standard InChI is InChI=1S/C16H26N2/c1-13-7-6-9-16(14(13)2)18-12-5-4-8-15(18)10-11-17-3/h6-7,9,15,17H,4-5,8,10-12H2,1-3H3. The first kappa shape index (κ1) is 13.4. The van der Waals surface area contributed by atoms with Gasteiger partial charge in [0.1, 0.15) is 0 Å². The Hall–Kier alpha value is -1.02. The molecule has 0 spiro atoms. The number of aryl methyl sites for hydroxylation is 1. The highest BCUT2D eigenvalue weighted by Crippen LogP contribution is 2.30. The van der Waals surface area contributed by atoms with Gasteiger partial charge in [0, 0.05) is 18.3 Å². The third-order valence-electron chi connectivity index (χ3n) is 4.24. The molecule has 1 aliphatic heterocycles. The number of anilines is 1. The molecule has 0 aliphatic carbocycles. The van der Waals surface area contributed by atoms with Gasteiger partial charge in [-0.05, 0) is 70.3 Å². The lowest BCUT2D eigenvalue weighted by Crippen LogP contribution is -2.41. The molecule has 1 aromatic rings. The van der Waals surface area contributed by atoms with Gasteiger partial charge in [0.15, 0.2) is 0 Å². The van der Waals surface area contributed by atoms with E-state index in [-0.39, 0.29) is 0 Å². The van der Waals surface area contributed by atoms with Crippen molar-refractivity contribution >= 4 is 5.69 Å². The van der Waals surface area contributed by atoms with Crippen molar-refractivity contribution < 1.29 is 0 Å². The number of nitrogens with one attached hydrogen (secondary N) is 1. The topological polar surface area (TPSA) is 15.3 Å². The maximum atomic E-state index is 3.29. The molecule has 1 aliphatic rings. The second-order valence-electron chi connectivity index (χ2n) is 5.45.